The van der Waals surface area contributed by atoms with Crippen LogP contribution in [-0.4, -0.2) is 27.3 Å². The summed E-state index contributed by atoms with van der Waals surface area (Å²) in [5.74, 6) is 0.440. The molecule has 0 heterocycles. The largest absolute Gasteiger partial charge is 0.337 e. The SMILES string of the molecule is C[C@H](CS(=O)c1ccccc1)N(C=O)Cc1ccccc1. The number of benzene rings is 2. The zero-order chi connectivity index (χ0) is 15.1. The van der Waals surface area contributed by atoms with Crippen molar-refractivity contribution in [1.29, 1.82) is 0 Å². The van der Waals surface area contributed by atoms with Gasteiger partial charge in [-0.3, -0.25) is 9.00 Å². The van der Waals surface area contributed by atoms with E-state index in [2.05, 4.69) is 0 Å². The number of hydrogen-bond donors (Lipinski definition) is 0. The molecule has 2 atom stereocenters. The van der Waals surface area contributed by atoms with Crippen molar-refractivity contribution in [2.45, 2.75) is 24.4 Å². The molecule has 0 N–H and O–H groups in total. The summed E-state index contributed by atoms with van der Waals surface area (Å²) in [5.41, 5.74) is 1.07. The van der Waals surface area contributed by atoms with Gasteiger partial charge < -0.3 is 4.90 Å². The predicted octanol–water partition coefficient (Wildman–Crippen LogP) is 2.84. The number of amides is 1. The third-order valence-corrected chi connectivity index (χ3v) is 4.89. The molecule has 0 fully saturated rings. The van der Waals surface area contributed by atoms with E-state index in [9.17, 15) is 9.00 Å². The van der Waals surface area contributed by atoms with E-state index in [0.717, 1.165) is 16.9 Å². The number of carbonyl (C=O) groups is 1. The van der Waals surface area contributed by atoms with Gasteiger partial charge in [0.05, 0.1) is 10.8 Å². The van der Waals surface area contributed by atoms with Gasteiger partial charge in [-0.15, -0.1) is 0 Å². The molecule has 0 aliphatic carbocycles. The molecule has 2 rings (SSSR count). The average molecular weight is 301 g/mol. The summed E-state index contributed by atoms with van der Waals surface area (Å²) in [4.78, 5) is 13.8. The molecular formula is C17H19NO2S. The van der Waals surface area contributed by atoms with Crippen LogP contribution in [0.5, 0.6) is 0 Å². The molecule has 2 aromatic rings. The summed E-state index contributed by atoms with van der Waals surface area (Å²) in [5, 5.41) is 0. The first-order chi connectivity index (χ1) is 10.2. The van der Waals surface area contributed by atoms with Crippen molar-refractivity contribution < 1.29 is 9.00 Å². The van der Waals surface area contributed by atoms with Crippen LogP contribution in [0.25, 0.3) is 0 Å². The Morgan fingerprint density at radius 3 is 2.19 bits per heavy atom. The Kier molecular flexibility index (Phi) is 5.69. The quantitative estimate of drug-likeness (QED) is 0.738. The average Bonchev–Trinajstić information content (AvgIpc) is 2.54. The first kappa shape index (κ1) is 15.4. The second-order valence-electron chi connectivity index (χ2n) is 4.94. The van der Waals surface area contributed by atoms with Crippen molar-refractivity contribution in [2.24, 2.45) is 0 Å². The fourth-order valence-corrected chi connectivity index (χ4v) is 3.36. The van der Waals surface area contributed by atoms with E-state index in [0.29, 0.717) is 12.3 Å². The van der Waals surface area contributed by atoms with E-state index in [1.807, 2.05) is 67.6 Å². The first-order valence-electron chi connectivity index (χ1n) is 6.89. The lowest BCUT2D eigenvalue weighted by Crippen LogP contribution is -2.35. The molecule has 110 valence electrons. The summed E-state index contributed by atoms with van der Waals surface area (Å²) < 4.78 is 12.3. The minimum absolute atomic E-state index is 0.0799. The van der Waals surface area contributed by atoms with Crippen molar-refractivity contribution in [1.82, 2.24) is 4.90 Å². The first-order valence-corrected chi connectivity index (χ1v) is 8.21. The van der Waals surface area contributed by atoms with E-state index in [1.54, 1.807) is 4.90 Å². The highest BCUT2D eigenvalue weighted by atomic mass is 32.2. The molecule has 0 bridgehead atoms. The number of rotatable bonds is 7. The molecule has 3 nitrogen and oxygen atoms in total. The Morgan fingerprint density at radius 1 is 1.05 bits per heavy atom. The van der Waals surface area contributed by atoms with E-state index in [1.165, 1.54) is 0 Å². The second-order valence-corrected chi connectivity index (χ2v) is 6.43. The molecule has 0 spiro atoms. The third-order valence-electron chi connectivity index (χ3n) is 3.31. The van der Waals surface area contributed by atoms with Gasteiger partial charge in [0, 0.05) is 23.2 Å². The van der Waals surface area contributed by atoms with Crippen LogP contribution in [0.15, 0.2) is 65.6 Å². The molecule has 21 heavy (non-hydrogen) atoms. The van der Waals surface area contributed by atoms with Crippen molar-refractivity contribution in [3.8, 4) is 0 Å². The van der Waals surface area contributed by atoms with E-state index in [4.69, 9.17) is 0 Å². The van der Waals surface area contributed by atoms with Crippen molar-refractivity contribution >= 4 is 17.2 Å². The monoisotopic (exact) mass is 301 g/mol. The van der Waals surface area contributed by atoms with Crippen LogP contribution in [-0.2, 0) is 22.1 Å². The number of hydrogen-bond acceptors (Lipinski definition) is 2. The Bertz CT molecular complexity index is 586. The van der Waals surface area contributed by atoms with Crippen LogP contribution in [0.4, 0.5) is 0 Å². The minimum Gasteiger partial charge on any atom is -0.337 e. The summed E-state index contributed by atoms with van der Waals surface area (Å²) in [6.45, 7) is 2.47. The molecule has 0 aliphatic rings. The highest BCUT2D eigenvalue weighted by molar-refractivity contribution is 7.85. The highest BCUT2D eigenvalue weighted by Crippen LogP contribution is 2.11. The maximum absolute atomic E-state index is 12.3. The normalized spacial score (nSPS) is 13.4. The number of nitrogens with zero attached hydrogens (tertiary/aromatic N) is 1. The van der Waals surface area contributed by atoms with E-state index >= 15 is 0 Å². The molecule has 2 aromatic carbocycles. The second kappa shape index (κ2) is 7.74. The van der Waals surface area contributed by atoms with Crippen LogP contribution in [0.1, 0.15) is 12.5 Å². The predicted molar refractivity (Wildman–Crippen MR) is 85.2 cm³/mol. The standard InChI is InChI=1S/C17H19NO2S/c1-15(13-21(20)17-10-6-3-7-11-17)18(14-19)12-16-8-4-2-5-9-16/h2-11,14-15H,12-13H2,1H3/t15-,21?/m1/s1. The molecule has 0 aromatic heterocycles. The number of carbonyl (C=O) groups excluding carboxylic acids is 1. The fraction of sp³-hybridized carbons (Fsp3) is 0.235. The smallest absolute Gasteiger partial charge is 0.210 e. The fourth-order valence-electron chi connectivity index (χ4n) is 2.07. The topological polar surface area (TPSA) is 37.4 Å². The zero-order valence-corrected chi connectivity index (χ0v) is 12.8. The lowest BCUT2D eigenvalue weighted by atomic mass is 10.2. The van der Waals surface area contributed by atoms with Crippen LogP contribution >= 0.6 is 0 Å². The maximum atomic E-state index is 12.3. The molecular weight excluding hydrogens is 282 g/mol. The molecule has 0 aliphatic heterocycles. The van der Waals surface area contributed by atoms with Gasteiger partial charge in [0.1, 0.15) is 0 Å². The Labute approximate surface area is 128 Å². The van der Waals surface area contributed by atoms with Crippen LogP contribution in [0.2, 0.25) is 0 Å². The van der Waals surface area contributed by atoms with Crippen LogP contribution in [0, 0.1) is 0 Å². The lowest BCUT2D eigenvalue weighted by molar-refractivity contribution is -0.120. The molecule has 1 amide bonds. The molecule has 0 radical (unpaired) electrons. The Morgan fingerprint density at radius 2 is 1.62 bits per heavy atom. The molecule has 4 heteroatoms. The third kappa shape index (κ3) is 4.53. The van der Waals surface area contributed by atoms with Gasteiger partial charge in [0.15, 0.2) is 0 Å². The lowest BCUT2D eigenvalue weighted by Gasteiger charge is -2.25. The van der Waals surface area contributed by atoms with Gasteiger partial charge in [-0.1, -0.05) is 48.5 Å². The summed E-state index contributed by atoms with van der Waals surface area (Å²) in [6.07, 6.45) is 0.833. The molecule has 0 saturated carbocycles. The van der Waals surface area contributed by atoms with Gasteiger partial charge >= 0.3 is 0 Å². The van der Waals surface area contributed by atoms with Gasteiger partial charge in [-0.2, -0.15) is 0 Å². The highest BCUT2D eigenvalue weighted by Gasteiger charge is 2.16. The van der Waals surface area contributed by atoms with Gasteiger partial charge in [0.2, 0.25) is 6.41 Å². The summed E-state index contributed by atoms with van der Waals surface area (Å²) in [6, 6.07) is 19.1. The van der Waals surface area contributed by atoms with Crippen LogP contribution in [0.3, 0.4) is 0 Å². The Hall–Kier alpha value is -1.94. The van der Waals surface area contributed by atoms with Gasteiger partial charge in [0.25, 0.3) is 0 Å². The van der Waals surface area contributed by atoms with Crippen molar-refractivity contribution in [3.05, 3.63) is 66.2 Å². The Balaban J connectivity index is 1.99. The summed E-state index contributed by atoms with van der Waals surface area (Å²) >= 11 is 0. The maximum Gasteiger partial charge on any atom is 0.210 e. The van der Waals surface area contributed by atoms with Gasteiger partial charge in [-0.05, 0) is 24.6 Å². The van der Waals surface area contributed by atoms with E-state index in [-0.39, 0.29) is 6.04 Å². The molecule has 0 saturated heterocycles. The summed E-state index contributed by atoms with van der Waals surface area (Å²) in [7, 11) is -1.09. The van der Waals surface area contributed by atoms with Crippen LogP contribution < -0.4 is 0 Å². The minimum atomic E-state index is -1.09. The molecule has 1 unspecified atom stereocenters. The van der Waals surface area contributed by atoms with Crippen molar-refractivity contribution in [3.63, 3.8) is 0 Å². The van der Waals surface area contributed by atoms with E-state index < -0.39 is 10.8 Å². The van der Waals surface area contributed by atoms with Gasteiger partial charge in [-0.25, -0.2) is 0 Å². The zero-order valence-electron chi connectivity index (χ0n) is 12.0. The van der Waals surface area contributed by atoms with Crippen molar-refractivity contribution in [2.75, 3.05) is 5.75 Å².